The average Bonchev–Trinajstić information content (AvgIpc) is 2.35. The second-order valence-corrected chi connectivity index (χ2v) is 4.55. The molecule has 0 radical (unpaired) electrons. The van der Waals surface area contributed by atoms with Gasteiger partial charge in [-0.15, -0.1) is 0 Å². The quantitative estimate of drug-likeness (QED) is 0.788. The van der Waals surface area contributed by atoms with Crippen LogP contribution < -0.4 is 5.32 Å². The molecule has 0 saturated heterocycles. The van der Waals surface area contributed by atoms with Gasteiger partial charge in [0.25, 0.3) is 0 Å². The van der Waals surface area contributed by atoms with Gasteiger partial charge in [0.05, 0.1) is 24.9 Å². The highest BCUT2D eigenvalue weighted by molar-refractivity contribution is 5.97. The van der Waals surface area contributed by atoms with Crippen molar-refractivity contribution in [2.75, 3.05) is 13.7 Å². The molecule has 0 bridgehead atoms. The Morgan fingerprint density at radius 1 is 1.16 bits per heavy atom. The number of carbonyl (C=O) groups excluding carboxylic acids is 2. The predicted molar refractivity (Wildman–Crippen MR) is 71.0 cm³/mol. The number of hydrogen-bond acceptors (Lipinski definition) is 5. The molecule has 0 amide bonds. The number of allylic oxidation sites excluding steroid dienone is 2. The van der Waals surface area contributed by atoms with Crippen LogP contribution in [0.1, 0.15) is 34.1 Å². The molecule has 19 heavy (non-hydrogen) atoms. The molecule has 1 N–H and O–H groups in total. The monoisotopic (exact) mass is 267 g/mol. The summed E-state index contributed by atoms with van der Waals surface area (Å²) in [6, 6.07) is 0. The van der Waals surface area contributed by atoms with Gasteiger partial charge in [-0.1, -0.05) is 13.8 Å². The van der Waals surface area contributed by atoms with Gasteiger partial charge in [-0.3, -0.25) is 0 Å². The minimum absolute atomic E-state index is 0.335. The smallest absolute Gasteiger partial charge is 0.336 e. The summed E-state index contributed by atoms with van der Waals surface area (Å²) in [5.74, 6) is -1.14. The molecule has 0 spiro atoms. The summed E-state index contributed by atoms with van der Waals surface area (Å²) in [6.07, 6.45) is 0.763. The molecule has 0 aromatic carbocycles. The van der Waals surface area contributed by atoms with Crippen molar-refractivity contribution < 1.29 is 19.1 Å². The molecule has 0 aliphatic carbocycles. The van der Waals surface area contributed by atoms with E-state index in [1.54, 1.807) is 13.8 Å². The Balaban J connectivity index is 3.03. The molecule has 1 aliphatic rings. The highest BCUT2D eigenvalue weighted by Crippen LogP contribution is 2.30. The maximum Gasteiger partial charge on any atom is 0.336 e. The van der Waals surface area contributed by atoms with Gasteiger partial charge in [0, 0.05) is 17.3 Å². The number of esters is 2. The first-order chi connectivity index (χ1) is 8.93. The van der Waals surface area contributed by atoms with Gasteiger partial charge in [0.15, 0.2) is 0 Å². The summed E-state index contributed by atoms with van der Waals surface area (Å²) in [4.78, 5) is 23.8. The van der Waals surface area contributed by atoms with E-state index < -0.39 is 5.97 Å². The van der Waals surface area contributed by atoms with Crippen molar-refractivity contribution in [1.29, 1.82) is 0 Å². The topological polar surface area (TPSA) is 64.6 Å². The van der Waals surface area contributed by atoms with Gasteiger partial charge in [-0.05, 0) is 20.3 Å². The van der Waals surface area contributed by atoms with Crippen LogP contribution in [0.5, 0.6) is 0 Å². The van der Waals surface area contributed by atoms with Crippen molar-refractivity contribution in [2.24, 2.45) is 5.92 Å². The van der Waals surface area contributed by atoms with Crippen LogP contribution in [0.15, 0.2) is 22.5 Å². The summed E-state index contributed by atoms with van der Waals surface area (Å²) in [6.45, 7) is 7.71. The Morgan fingerprint density at radius 2 is 1.68 bits per heavy atom. The molecule has 5 nitrogen and oxygen atoms in total. The molecule has 0 fully saturated rings. The van der Waals surface area contributed by atoms with Crippen molar-refractivity contribution >= 4 is 11.9 Å². The van der Waals surface area contributed by atoms with Gasteiger partial charge in [0.1, 0.15) is 0 Å². The zero-order valence-electron chi connectivity index (χ0n) is 12.1. The van der Waals surface area contributed by atoms with E-state index in [1.165, 1.54) is 7.11 Å². The van der Waals surface area contributed by atoms with Crippen molar-refractivity contribution in [3.8, 4) is 0 Å². The highest BCUT2D eigenvalue weighted by atomic mass is 16.5. The normalized spacial score (nSPS) is 19.1. The maximum absolute atomic E-state index is 12.0. The molecule has 1 aliphatic heterocycles. The third-order valence-corrected chi connectivity index (χ3v) is 3.11. The molecule has 0 aromatic rings. The van der Waals surface area contributed by atoms with Crippen LogP contribution in [0.25, 0.3) is 0 Å². The summed E-state index contributed by atoms with van der Waals surface area (Å²) in [5, 5.41) is 3.04. The van der Waals surface area contributed by atoms with Crippen LogP contribution in [0.2, 0.25) is 0 Å². The first-order valence-corrected chi connectivity index (χ1v) is 6.38. The van der Waals surface area contributed by atoms with Crippen LogP contribution in [-0.4, -0.2) is 25.7 Å². The summed E-state index contributed by atoms with van der Waals surface area (Å²) >= 11 is 0. The van der Waals surface area contributed by atoms with E-state index >= 15 is 0 Å². The Bertz CT molecular complexity index is 448. The SMILES string of the molecule is CCCOC(=O)C1=C(C)NC(C)=C(C(=O)OC)C1C. The third-order valence-electron chi connectivity index (χ3n) is 3.11. The van der Waals surface area contributed by atoms with Crippen LogP contribution in [0.3, 0.4) is 0 Å². The fourth-order valence-corrected chi connectivity index (χ4v) is 2.25. The molecule has 5 heteroatoms. The maximum atomic E-state index is 12.0. The van der Waals surface area contributed by atoms with Gasteiger partial charge < -0.3 is 14.8 Å². The number of nitrogens with one attached hydrogen (secondary N) is 1. The number of carbonyl (C=O) groups is 2. The molecule has 106 valence electrons. The highest BCUT2D eigenvalue weighted by Gasteiger charge is 2.33. The van der Waals surface area contributed by atoms with E-state index in [0.717, 1.165) is 12.1 Å². The molecular weight excluding hydrogens is 246 g/mol. The first-order valence-electron chi connectivity index (χ1n) is 6.38. The van der Waals surface area contributed by atoms with Crippen LogP contribution in [0, 0.1) is 5.92 Å². The van der Waals surface area contributed by atoms with Gasteiger partial charge in [-0.25, -0.2) is 9.59 Å². The molecular formula is C14H21NO4. The second-order valence-electron chi connectivity index (χ2n) is 4.55. The fraction of sp³-hybridized carbons (Fsp3) is 0.571. The van der Waals surface area contributed by atoms with Crippen LogP contribution in [0.4, 0.5) is 0 Å². The van der Waals surface area contributed by atoms with Crippen molar-refractivity contribution in [3.05, 3.63) is 22.5 Å². The minimum atomic E-state index is -0.425. The number of methoxy groups -OCH3 is 1. The summed E-state index contributed by atoms with van der Waals surface area (Å²) in [7, 11) is 1.33. The van der Waals surface area contributed by atoms with Crippen molar-refractivity contribution in [1.82, 2.24) is 5.32 Å². The Kier molecular flexibility index (Phi) is 5.15. The van der Waals surface area contributed by atoms with Crippen LogP contribution in [-0.2, 0) is 19.1 Å². The molecule has 0 aromatic heterocycles. The zero-order valence-corrected chi connectivity index (χ0v) is 12.1. The minimum Gasteiger partial charge on any atom is -0.466 e. The number of ether oxygens (including phenoxy) is 2. The van der Waals surface area contributed by atoms with E-state index in [2.05, 4.69) is 5.32 Å². The van der Waals surface area contributed by atoms with E-state index in [0.29, 0.717) is 23.5 Å². The first kappa shape index (κ1) is 15.3. The average molecular weight is 267 g/mol. The third kappa shape index (κ3) is 3.16. The van der Waals surface area contributed by atoms with E-state index in [1.807, 2.05) is 13.8 Å². The van der Waals surface area contributed by atoms with Crippen molar-refractivity contribution in [3.63, 3.8) is 0 Å². The Morgan fingerprint density at radius 3 is 2.16 bits per heavy atom. The molecule has 1 heterocycles. The molecule has 1 rings (SSSR count). The van der Waals surface area contributed by atoms with Crippen LogP contribution >= 0.6 is 0 Å². The van der Waals surface area contributed by atoms with Crippen molar-refractivity contribution in [2.45, 2.75) is 34.1 Å². The van der Waals surface area contributed by atoms with Gasteiger partial charge in [-0.2, -0.15) is 0 Å². The lowest BCUT2D eigenvalue weighted by Gasteiger charge is -2.27. The lowest BCUT2D eigenvalue weighted by Crippen LogP contribution is -2.32. The lowest BCUT2D eigenvalue weighted by molar-refractivity contribution is -0.139. The number of rotatable bonds is 4. The van der Waals surface area contributed by atoms with E-state index in [9.17, 15) is 9.59 Å². The van der Waals surface area contributed by atoms with Gasteiger partial charge >= 0.3 is 11.9 Å². The zero-order chi connectivity index (χ0) is 14.6. The largest absolute Gasteiger partial charge is 0.466 e. The van der Waals surface area contributed by atoms with Gasteiger partial charge in [0.2, 0.25) is 0 Å². The lowest BCUT2D eigenvalue weighted by atomic mass is 9.87. The predicted octanol–water partition coefficient (Wildman–Crippen LogP) is 1.90. The summed E-state index contributed by atoms with van der Waals surface area (Å²) < 4.78 is 9.92. The van der Waals surface area contributed by atoms with E-state index in [-0.39, 0.29) is 11.9 Å². The second kappa shape index (κ2) is 6.41. The standard InChI is InChI=1S/C14H21NO4/c1-6-7-19-14(17)12-8(2)11(13(16)18-5)9(3)15-10(12)4/h8,15H,6-7H2,1-5H3. The Labute approximate surface area is 113 Å². The number of dihydropyridines is 1. The molecule has 1 unspecified atom stereocenters. The molecule has 0 saturated carbocycles. The molecule has 1 atom stereocenters. The number of hydrogen-bond donors (Lipinski definition) is 1. The Hall–Kier alpha value is -1.78. The summed E-state index contributed by atoms with van der Waals surface area (Å²) in [5.41, 5.74) is 2.39. The van der Waals surface area contributed by atoms with E-state index in [4.69, 9.17) is 9.47 Å². The fourth-order valence-electron chi connectivity index (χ4n) is 2.25.